The Morgan fingerprint density at radius 3 is 2.95 bits per heavy atom. The van der Waals surface area contributed by atoms with Crippen LogP contribution in [0.4, 0.5) is 0 Å². The number of piperidine rings is 1. The molecule has 4 nitrogen and oxygen atoms in total. The maximum atomic E-state index is 4.33. The van der Waals surface area contributed by atoms with Crippen LogP contribution in [0.2, 0.25) is 0 Å². The first-order valence-electron chi connectivity index (χ1n) is 7.78. The molecule has 1 aromatic carbocycles. The molecule has 1 N–H and O–H groups in total. The molecule has 0 aliphatic carbocycles. The van der Waals surface area contributed by atoms with Gasteiger partial charge in [0.1, 0.15) is 0 Å². The molecule has 1 aliphatic rings. The molecule has 1 unspecified atom stereocenters. The number of rotatable bonds is 5. The summed E-state index contributed by atoms with van der Waals surface area (Å²) in [5.41, 5.74) is 2.68. The van der Waals surface area contributed by atoms with Gasteiger partial charge in [0.05, 0.1) is 12.0 Å². The van der Waals surface area contributed by atoms with Gasteiger partial charge >= 0.3 is 0 Å². The van der Waals surface area contributed by atoms with Crippen LogP contribution < -0.4 is 5.32 Å². The molecule has 21 heavy (non-hydrogen) atoms. The summed E-state index contributed by atoms with van der Waals surface area (Å²) in [6.45, 7) is 4.24. The van der Waals surface area contributed by atoms with Gasteiger partial charge in [-0.25, -0.2) is 4.98 Å². The number of hydrogen-bond donors (Lipinski definition) is 1. The van der Waals surface area contributed by atoms with Crippen molar-refractivity contribution in [3.05, 3.63) is 54.1 Å². The predicted molar refractivity (Wildman–Crippen MR) is 85.0 cm³/mol. The first kappa shape index (κ1) is 14.3. The first-order valence-corrected chi connectivity index (χ1v) is 7.78. The van der Waals surface area contributed by atoms with Gasteiger partial charge in [0.2, 0.25) is 0 Å². The largest absolute Gasteiger partial charge is 0.329 e. The summed E-state index contributed by atoms with van der Waals surface area (Å²) in [5.74, 6) is 0. The van der Waals surface area contributed by atoms with Crippen molar-refractivity contribution >= 4 is 0 Å². The van der Waals surface area contributed by atoms with Crippen LogP contribution in [-0.4, -0.2) is 34.6 Å². The number of hydrogen-bond acceptors (Lipinski definition) is 3. The molecule has 4 heteroatoms. The Hall–Kier alpha value is -1.65. The lowest BCUT2D eigenvalue weighted by Gasteiger charge is -2.34. The third-order valence-electron chi connectivity index (χ3n) is 4.23. The van der Waals surface area contributed by atoms with E-state index in [9.17, 15) is 0 Å². The molecule has 0 amide bonds. The fraction of sp³-hybridized carbons (Fsp3) is 0.471. The van der Waals surface area contributed by atoms with E-state index in [2.05, 4.69) is 50.1 Å². The summed E-state index contributed by atoms with van der Waals surface area (Å²) in [7, 11) is 1.99. The molecule has 1 aromatic heterocycles. The van der Waals surface area contributed by atoms with Gasteiger partial charge in [0, 0.05) is 31.9 Å². The summed E-state index contributed by atoms with van der Waals surface area (Å²) in [5, 5.41) is 3.23. The molecule has 0 bridgehead atoms. The first-order chi connectivity index (χ1) is 10.4. The lowest BCUT2D eigenvalue weighted by Crippen LogP contribution is -2.36. The number of likely N-dealkylation sites (tertiary alicyclic amines) is 1. The fourth-order valence-corrected chi connectivity index (χ4v) is 3.22. The van der Waals surface area contributed by atoms with Gasteiger partial charge in [-0.15, -0.1) is 0 Å². The molecule has 0 radical (unpaired) electrons. The zero-order valence-electron chi connectivity index (χ0n) is 12.7. The lowest BCUT2D eigenvalue weighted by molar-refractivity contribution is 0.168. The summed E-state index contributed by atoms with van der Waals surface area (Å²) in [4.78, 5) is 6.89. The van der Waals surface area contributed by atoms with Crippen LogP contribution in [0.5, 0.6) is 0 Å². The molecule has 1 atom stereocenters. The highest BCUT2D eigenvalue weighted by molar-refractivity contribution is 5.14. The average molecular weight is 284 g/mol. The smallest absolute Gasteiger partial charge is 0.0951 e. The van der Waals surface area contributed by atoms with E-state index in [0.717, 1.165) is 19.6 Å². The monoisotopic (exact) mass is 284 g/mol. The molecule has 3 rings (SSSR count). The van der Waals surface area contributed by atoms with Gasteiger partial charge in [-0.2, -0.15) is 0 Å². The lowest BCUT2D eigenvalue weighted by atomic mass is 10.0. The van der Waals surface area contributed by atoms with Crippen LogP contribution >= 0.6 is 0 Å². The molecule has 0 spiro atoms. The van der Waals surface area contributed by atoms with Gasteiger partial charge in [0.25, 0.3) is 0 Å². The van der Waals surface area contributed by atoms with Crippen molar-refractivity contribution in [3.63, 3.8) is 0 Å². The third-order valence-corrected chi connectivity index (χ3v) is 4.23. The van der Waals surface area contributed by atoms with Gasteiger partial charge in [-0.3, -0.25) is 4.90 Å². The van der Waals surface area contributed by atoms with Gasteiger partial charge < -0.3 is 9.88 Å². The van der Waals surface area contributed by atoms with E-state index in [4.69, 9.17) is 0 Å². The van der Waals surface area contributed by atoms with Crippen LogP contribution in [0.1, 0.15) is 30.1 Å². The number of aromatic nitrogens is 2. The Labute approximate surface area is 126 Å². The molecule has 1 saturated heterocycles. The quantitative estimate of drug-likeness (QED) is 0.915. The Kier molecular flexibility index (Phi) is 4.68. The molecule has 0 saturated carbocycles. The fourth-order valence-electron chi connectivity index (χ4n) is 3.22. The summed E-state index contributed by atoms with van der Waals surface area (Å²) < 4.78 is 2.35. The maximum Gasteiger partial charge on any atom is 0.0951 e. The Morgan fingerprint density at radius 2 is 2.14 bits per heavy atom. The van der Waals surface area contributed by atoms with Crippen LogP contribution in [-0.2, 0) is 13.1 Å². The van der Waals surface area contributed by atoms with Crippen molar-refractivity contribution in [2.45, 2.75) is 32.0 Å². The van der Waals surface area contributed by atoms with Gasteiger partial charge in [0.15, 0.2) is 0 Å². The SMILES string of the molecule is CNCc1cncn1C1CCCN(Cc2ccccc2)C1. The van der Waals surface area contributed by atoms with Crippen molar-refractivity contribution in [1.82, 2.24) is 19.8 Å². The molecule has 2 aromatic rings. The van der Waals surface area contributed by atoms with Crippen LogP contribution in [0.25, 0.3) is 0 Å². The van der Waals surface area contributed by atoms with E-state index in [1.165, 1.54) is 30.6 Å². The molecule has 112 valence electrons. The Morgan fingerprint density at radius 1 is 1.29 bits per heavy atom. The van der Waals surface area contributed by atoms with Crippen LogP contribution in [0.3, 0.4) is 0 Å². The molecule has 1 aliphatic heterocycles. The third kappa shape index (κ3) is 3.52. The summed E-state index contributed by atoms with van der Waals surface area (Å²) in [6.07, 6.45) is 6.48. The normalized spacial score (nSPS) is 19.8. The van der Waals surface area contributed by atoms with Crippen molar-refractivity contribution in [3.8, 4) is 0 Å². The van der Waals surface area contributed by atoms with E-state index in [1.807, 2.05) is 19.6 Å². The highest BCUT2D eigenvalue weighted by atomic mass is 15.2. The Bertz CT molecular complexity index is 549. The minimum Gasteiger partial charge on any atom is -0.329 e. The van der Waals surface area contributed by atoms with E-state index in [-0.39, 0.29) is 0 Å². The van der Waals surface area contributed by atoms with Gasteiger partial charge in [-0.05, 0) is 32.0 Å². The van der Waals surface area contributed by atoms with E-state index >= 15 is 0 Å². The van der Waals surface area contributed by atoms with Crippen molar-refractivity contribution in [1.29, 1.82) is 0 Å². The number of benzene rings is 1. The second-order valence-corrected chi connectivity index (χ2v) is 5.84. The maximum absolute atomic E-state index is 4.33. The minimum atomic E-state index is 0.549. The topological polar surface area (TPSA) is 33.1 Å². The van der Waals surface area contributed by atoms with Crippen LogP contribution in [0.15, 0.2) is 42.9 Å². The van der Waals surface area contributed by atoms with E-state index in [1.54, 1.807) is 0 Å². The molecule has 1 fully saturated rings. The van der Waals surface area contributed by atoms with Crippen LogP contribution in [0, 0.1) is 0 Å². The standard InChI is InChI=1S/C17H24N4/c1-18-10-17-11-19-14-21(17)16-8-5-9-20(13-16)12-15-6-3-2-4-7-15/h2-4,6-7,11,14,16,18H,5,8-10,12-13H2,1H3. The zero-order valence-corrected chi connectivity index (χ0v) is 12.7. The summed E-state index contributed by atoms with van der Waals surface area (Å²) in [6, 6.07) is 11.3. The average Bonchev–Trinajstić information content (AvgIpc) is 2.97. The van der Waals surface area contributed by atoms with E-state index in [0.29, 0.717) is 6.04 Å². The minimum absolute atomic E-state index is 0.549. The number of nitrogens with one attached hydrogen (secondary N) is 1. The highest BCUT2D eigenvalue weighted by Gasteiger charge is 2.22. The van der Waals surface area contributed by atoms with Crippen molar-refractivity contribution in [2.24, 2.45) is 0 Å². The Balaban J connectivity index is 1.66. The summed E-state index contributed by atoms with van der Waals surface area (Å²) >= 11 is 0. The number of nitrogens with zero attached hydrogens (tertiary/aromatic N) is 3. The second-order valence-electron chi connectivity index (χ2n) is 5.84. The molecule has 2 heterocycles. The number of imidazole rings is 1. The predicted octanol–water partition coefficient (Wildman–Crippen LogP) is 2.44. The second kappa shape index (κ2) is 6.87. The van der Waals surface area contributed by atoms with Crippen molar-refractivity contribution in [2.75, 3.05) is 20.1 Å². The zero-order chi connectivity index (χ0) is 14.5. The van der Waals surface area contributed by atoms with E-state index < -0.39 is 0 Å². The molecular weight excluding hydrogens is 260 g/mol. The van der Waals surface area contributed by atoms with Gasteiger partial charge in [-0.1, -0.05) is 30.3 Å². The highest BCUT2D eigenvalue weighted by Crippen LogP contribution is 2.24. The molecular formula is C17H24N4. The van der Waals surface area contributed by atoms with Crippen molar-refractivity contribution < 1.29 is 0 Å².